The van der Waals surface area contributed by atoms with E-state index in [1.165, 1.54) is 6.07 Å². The maximum Gasteiger partial charge on any atom is 0.239 e. The number of amides is 1. The number of hydrogen-bond donors (Lipinski definition) is 2. The Morgan fingerprint density at radius 2 is 2.15 bits per heavy atom. The second-order valence-electron chi connectivity index (χ2n) is 5.54. The smallest absolute Gasteiger partial charge is 0.239 e. The largest absolute Gasteiger partial charge is 0.379 e. The molecule has 0 aromatic heterocycles. The van der Waals surface area contributed by atoms with Gasteiger partial charge in [-0.25, -0.2) is 4.39 Å². The molecule has 0 saturated carbocycles. The molecular weight excluding hydrogens is 325 g/mol. The molecule has 2 N–H and O–H groups in total. The minimum absolute atomic E-state index is 0.136. The Morgan fingerprint density at radius 1 is 1.40 bits per heavy atom. The predicted molar refractivity (Wildman–Crippen MR) is 77.6 cm³/mol. The van der Waals surface area contributed by atoms with Crippen LogP contribution in [0.2, 0.25) is 0 Å². The molecule has 20 heavy (non-hydrogen) atoms. The summed E-state index contributed by atoms with van der Waals surface area (Å²) in [4.78, 5) is 14.3. The number of benzene rings is 1. The molecule has 3 heterocycles. The van der Waals surface area contributed by atoms with E-state index < -0.39 is 5.41 Å². The lowest BCUT2D eigenvalue weighted by Gasteiger charge is -2.40. The van der Waals surface area contributed by atoms with Crippen molar-refractivity contribution in [3.8, 4) is 0 Å². The average Bonchev–Trinajstić information content (AvgIpc) is 2.61. The van der Waals surface area contributed by atoms with Crippen LogP contribution in [0.15, 0.2) is 22.3 Å². The topological polar surface area (TPSA) is 44.4 Å². The lowest BCUT2D eigenvalue weighted by Crippen LogP contribution is -2.58. The SMILES string of the molecule is CN1C(=O)C2(CNC2)C2=C1CNc1cc(F)c(Br)cc12. The molecular formula is C14H13BrFN3O. The Hall–Kier alpha value is -1.40. The number of rotatable bonds is 0. The van der Waals surface area contributed by atoms with Gasteiger partial charge in [0, 0.05) is 42.7 Å². The van der Waals surface area contributed by atoms with Crippen molar-refractivity contribution < 1.29 is 9.18 Å². The van der Waals surface area contributed by atoms with Crippen LogP contribution < -0.4 is 10.6 Å². The number of nitrogens with one attached hydrogen (secondary N) is 2. The van der Waals surface area contributed by atoms with Gasteiger partial charge in [0.05, 0.1) is 11.0 Å². The molecule has 1 aromatic rings. The highest BCUT2D eigenvalue weighted by molar-refractivity contribution is 9.10. The first-order valence-corrected chi connectivity index (χ1v) is 7.30. The number of likely N-dealkylation sites (N-methyl/N-ethyl adjacent to an activating group) is 1. The van der Waals surface area contributed by atoms with E-state index in [-0.39, 0.29) is 11.7 Å². The van der Waals surface area contributed by atoms with E-state index >= 15 is 0 Å². The lowest BCUT2D eigenvalue weighted by molar-refractivity contribution is -0.135. The molecule has 1 saturated heterocycles. The van der Waals surface area contributed by atoms with E-state index in [4.69, 9.17) is 0 Å². The van der Waals surface area contributed by atoms with Crippen molar-refractivity contribution in [2.45, 2.75) is 0 Å². The van der Waals surface area contributed by atoms with Crippen LogP contribution in [0.25, 0.3) is 5.57 Å². The fourth-order valence-corrected chi connectivity index (χ4v) is 3.74. The molecule has 3 aliphatic rings. The second kappa shape index (κ2) is 3.83. The average molecular weight is 338 g/mol. The third kappa shape index (κ3) is 1.31. The van der Waals surface area contributed by atoms with E-state index in [2.05, 4.69) is 26.6 Å². The predicted octanol–water partition coefficient (Wildman–Crippen LogP) is 1.79. The van der Waals surface area contributed by atoms with Gasteiger partial charge in [0.2, 0.25) is 5.91 Å². The maximum atomic E-state index is 13.7. The van der Waals surface area contributed by atoms with E-state index in [1.807, 2.05) is 7.05 Å². The summed E-state index contributed by atoms with van der Waals surface area (Å²) < 4.78 is 14.1. The lowest BCUT2D eigenvalue weighted by atomic mass is 9.72. The van der Waals surface area contributed by atoms with Crippen molar-refractivity contribution in [2.75, 3.05) is 32.0 Å². The molecule has 0 unspecified atom stereocenters. The summed E-state index contributed by atoms with van der Waals surface area (Å²) in [6, 6.07) is 3.27. The summed E-state index contributed by atoms with van der Waals surface area (Å²) in [6.07, 6.45) is 0. The Bertz CT molecular complexity index is 681. The van der Waals surface area contributed by atoms with Crippen LogP contribution in [0.4, 0.5) is 10.1 Å². The molecule has 3 aliphatic heterocycles. The number of nitrogens with zero attached hydrogens (tertiary/aromatic N) is 1. The summed E-state index contributed by atoms with van der Waals surface area (Å²) in [6.45, 7) is 1.88. The Labute approximate surface area is 124 Å². The van der Waals surface area contributed by atoms with Crippen molar-refractivity contribution in [2.24, 2.45) is 5.41 Å². The normalized spacial score (nSPS) is 22.6. The summed E-state index contributed by atoms with van der Waals surface area (Å²) >= 11 is 3.24. The minimum atomic E-state index is -0.460. The molecule has 0 aliphatic carbocycles. The van der Waals surface area contributed by atoms with Gasteiger partial charge in [0.15, 0.2) is 0 Å². The van der Waals surface area contributed by atoms with Crippen LogP contribution >= 0.6 is 15.9 Å². The Morgan fingerprint density at radius 3 is 2.80 bits per heavy atom. The molecule has 0 radical (unpaired) electrons. The van der Waals surface area contributed by atoms with Gasteiger partial charge in [-0.15, -0.1) is 0 Å². The molecule has 6 heteroatoms. The highest BCUT2D eigenvalue weighted by Gasteiger charge is 2.56. The fourth-order valence-electron chi connectivity index (χ4n) is 3.40. The van der Waals surface area contributed by atoms with Crippen LogP contribution in [0, 0.1) is 11.2 Å². The highest BCUT2D eigenvalue weighted by Crippen LogP contribution is 2.52. The number of hydrogen-bond acceptors (Lipinski definition) is 3. The van der Waals surface area contributed by atoms with Gasteiger partial charge in [-0.2, -0.15) is 0 Å². The zero-order chi connectivity index (χ0) is 14.1. The zero-order valence-corrected chi connectivity index (χ0v) is 12.5. The minimum Gasteiger partial charge on any atom is -0.379 e. The molecule has 1 aromatic carbocycles. The fraction of sp³-hybridized carbons (Fsp3) is 0.357. The van der Waals surface area contributed by atoms with Gasteiger partial charge < -0.3 is 15.5 Å². The van der Waals surface area contributed by atoms with Gasteiger partial charge in [-0.3, -0.25) is 4.79 Å². The summed E-state index contributed by atoms with van der Waals surface area (Å²) in [7, 11) is 1.82. The number of fused-ring (bicyclic) bond motifs is 3. The zero-order valence-electron chi connectivity index (χ0n) is 10.9. The first kappa shape index (κ1) is 12.3. The van der Waals surface area contributed by atoms with Crippen molar-refractivity contribution >= 4 is 33.1 Å². The Balaban J connectivity index is 1.97. The monoisotopic (exact) mass is 337 g/mol. The van der Waals surface area contributed by atoms with Gasteiger partial charge in [0.25, 0.3) is 0 Å². The van der Waals surface area contributed by atoms with Crippen molar-refractivity contribution in [1.29, 1.82) is 0 Å². The number of carbonyl (C=O) groups excluding carboxylic acids is 1. The molecule has 104 valence electrons. The first-order valence-electron chi connectivity index (χ1n) is 6.50. The first-order chi connectivity index (χ1) is 9.54. The third-order valence-corrected chi connectivity index (χ3v) is 5.12. The maximum absolute atomic E-state index is 13.7. The number of anilines is 1. The van der Waals surface area contributed by atoms with Gasteiger partial charge >= 0.3 is 0 Å². The molecule has 4 nitrogen and oxygen atoms in total. The van der Waals surface area contributed by atoms with Crippen LogP contribution in [0.5, 0.6) is 0 Å². The molecule has 0 bridgehead atoms. The summed E-state index contributed by atoms with van der Waals surface area (Å²) in [5.41, 5.74) is 3.29. The van der Waals surface area contributed by atoms with Crippen molar-refractivity contribution in [3.63, 3.8) is 0 Å². The number of halogens is 2. The molecule has 1 fully saturated rings. The summed E-state index contributed by atoms with van der Waals surface area (Å²) in [5, 5.41) is 6.40. The standard InChI is InChI=1S/C14H13BrFN3O/c1-19-11-4-18-10-3-9(16)8(15)2-7(10)12(11)14(13(19)20)5-17-6-14/h2-3,17-18H,4-6H2,1H3. The van der Waals surface area contributed by atoms with Crippen LogP contribution in [0.3, 0.4) is 0 Å². The number of carbonyl (C=O) groups is 1. The highest BCUT2D eigenvalue weighted by atomic mass is 79.9. The molecule has 1 amide bonds. The molecule has 0 atom stereocenters. The van der Waals surface area contributed by atoms with Gasteiger partial charge in [0.1, 0.15) is 11.2 Å². The van der Waals surface area contributed by atoms with Crippen LogP contribution in [0.1, 0.15) is 5.56 Å². The van der Waals surface area contributed by atoms with Crippen molar-refractivity contribution in [1.82, 2.24) is 10.2 Å². The molecule has 4 rings (SSSR count). The van der Waals surface area contributed by atoms with E-state index in [0.29, 0.717) is 24.1 Å². The Kier molecular flexibility index (Phi) is 2.36. The van der Waals surface area contributed by atoms with Crippen molar-refractivity contribution in [3.05, 3.63) is 33.7 Å². The van der Waals surface area contributed by atoms with Gasteiger partial charge in [-0.05, 0) is 28.1 Å². The quantitative estimate of drug-likeness (QED) is 0.758. The third-order valence-electron chi connectivity index (χ3n) is 4.52. The van der Waals surface area contributed by atoms with E-state index in [9.17, 15) is 9.18 Å². The van der Waals surface area contributed by atoms with Crippen LogP contribution in [-0.2, 0) is 4.79 Å². The van der Waals surface area contributed by atoms with E-state index in [0.717, 1.165) is 22.5 Å². The van der Waals surface area contributed by atoms with E-state index in [1.54, 1.807) is 11.0 Å². The van der Waals surface area contributed by atoms with Gasteiger partial charge in [-0.1, -0.05) is 0 Å². The molecule has 1 spiro atoms. The van der Waals surface area contributed by atoms with Crippen LogP contribution in [-0.4, -0.2) is 37.5 Å². The summed E-state index contributed by atoms with van der Waals surface area (Å²) in [5.74, 6) is -0.157. The second-order valence-corrected chi connectivity index (χ2v) is 6.39.